The molecule has 1 aromatic heterocycles. The van der Waals surface area contributed by atoms with E-state index < -0.39 is 17.7 Å². The van der Waals surface area contributed by atoms with E-state index in [0.29, 0.717) is 58.3 Å². The normalized spacial score (nSPS) is 15.6. The highest BCUT2D eigenvalue weighted by Crippen LogP contribution is 2.46. The van der Waals surface area contributed by atoms with Crippen molar-refractivity contribution in [2.75, 3.05) is 24.7 Å². The molecule has 1 aliphatic heterocycles. The Hall–Kier alpha value is -4.87. The number of nitrogens with zero attached hydrogens (tertiary/aromatic N) is 3. The number of ether oxygens (including phenoxy) is 3. The topological polar surface area (TPSA) is 111 Å². The van der Waals surface area contributed by atoms with Gasteiger partial charge < -0.3 is 19.3 Å². The fourth-order valence-electron chi connectivity index (χ4n) is 5.70. The van der Waals surface area contributed by atoms with Crippen LogP contribution in [0.1, 0.15) is 56.3 Å². The lowest BCUT2D eigenvalue weighted by molar-refractivity contribution is -0.132. The monoisotopic (exact) mass is 695 g/mol. The Kier molecular flexibility index (Phi) is 10.8. The van der Waals surface area contributed by atoms with Crippen LogP contribution < -0.4 is 19.1 Å². The van der Waals surface area contributed by atoms with Crippen LogP contribution in [0.15, 0.2) is 94.8 Å². The second-order valence-electron chi connectivity index (χ2n) is 11.2. The van der Waals surface area contributed by atoms with Gasteiger partial charge in [0.25, 0.3) is 5.78 Å². The van der Waals surface area contributed by atoms with E-state index in [2.05, 4.69) is 41.4 Å². The average Bonchev–Trinajstić information content (AvgIpc) is 3.69. The fourth-order valence-corrected chi connectivity index (χ4v) is 7.57. The molecule has 0 bridgehead atoms. The van der Waals surface area contributed by atoms with Crippen LogP contribution in [0.3, 0.4) is 0 Å². The Morgan fingerprint density at radius 3 is 2.43 bits per heavy atom. The second-order valence-corrected chi connectivity index (χ2v) is 13.4. The summed E-state index contributed by atoms with van der Waals surface area (Å²) in [7, 11) is 0. The molecule has 1 saturated heterocycles. The van der Waals surface area contributed by atoms with E-state index in [1.54, 1.807) is 42.5 Å². The maximum Gasteiger partial charge on any atom is 0.301 e. The minimum atomic E-state index is -1.00. The first-order chi connectivity index (χ1) is 23.9. The number of benzene rings is 4. The Bertz CT molecular complexity index is 1990. The molecule has 1 aliphatic rings. The zero-order valence-electron chi connectivity index (χ0n) is 27.5. The van der Waals surface area contributed by atoms with Crippen LogP contribution in [-0.2, 0) is 15.3 Å². The number of amides is 1. The number of rotatable bonds is 14. The smallest absolute Gasteiger partial charge is 0.301 e. The Balaban J connectivity index is 1.39. The maximum absolute atomic E-state index is 13.8. The number of ketones is 1. The third-order valence-corrected chi connectivity index (χ3v) is 10.2. The van der Waals surface area contributed by atoms with E-state index >= 15 is 0 Å². The van der Waals surface area contributed by atoms with Crippen molar-refractivity contribution in [3.63, 3.8) is 0 Å². The SMILES string of the molecule is CCCCOc1ccc(C2C(=C(O)c3ccc(OCC)cc3)C(=O)C(=O)N2c2nnc(SCc3cccc4ccccc34)s2)cc1OCC. The van der Waals surface area contributed by atoms with Crippen LogP contribution in [0.4, 0.5) is 5.13 Å². The van der Waals surface area contributed by atoms with Crippen LogP contribution in [0, 0.1) is 0 Å². The first-order valence-electron chi connectivity index (χ1n) is 16.3. The standard InChI is InChI=1S/C38H37N3O6S2/c1-4-7-21-47-30-20-17-26(22-31(30)46-6-3)33-32(34(42)25-15-18-28(19-16-25)45-5-2)35(43)36(44)41(33)37-39-40-38(49-37)48-23-27-13-10-12-24-11-8-9-14-29(24)27/h8-20,22,33,42H,4-7,21,23H2,1-3H3. The molecule has 1 N–H and O–H groups in total. The number of aliphatic hydroxyl groups excluding tert-OH is 1. The molecule has 1 amide bonds. The minimum absolute atomic E-state index is 0.0589. The predicted octanol–water partition coefficient (Wildman–Crippen LogP) is 8.59. The molecule has 1 fully saturated rings. The molecule has 0 radical (unpaired) electrons. The van der Waals surface area contributed by atoms with Gasteiger partial charge in [0, 0.05) is 11.3 Å². The first kappa shape index (κ1) is 34.0. The van der Waals surface area contributed by atoms with E-state index in [4.69, 9.17) is 14.2 Å². The maximum atomic E-state index is 13.8. The molecule has 4 aromatic carbocycles. The van der Waals surface area contributed by atoms with Crippen molar-refractivity contribution in [2.45, 2.75) is 49.7 Å². The number of Topliss-reactive ketones (excluding diaryl/α,β-unsaturated/α-hetero) is 1. The fraction of sp³-hybridized carbons (Fsp3) is 0.263. The largest absolute Gasteiger partial charge is 0.507 e. The summed E-state index contributed by atoms with van der Waals surface area (Å²) in [5.41, 5.74) is 2.02. The zero-order valence-corrected chi connectivity index (χ0v) is 29.2. The molecule has 49 heavy (non-hydrogen) atoms. The molecule has 252 valence electrons. The second kappa shape index (κ2) is 15.6. The lowest BCUT2D eigenvalue weighted by atomic mass is 9.95. The number of hydrogen-bond donors (Lipinski definition) is 1. The van der Waals surface area contributed by atoms with Crippen LogP contribution in [-0.4, -0.2) is 46.8 Å². The van der Waals surface area contributed by atoms with Gasteiger partial charge in [-0.25, -0.2) is 0 Å². The van der Waals surface area contributed by atoms with Crippen molar-refractivity contribution in [1.82, 2.24) is 10.2 Å². The van der Waals surface area contributed by atoms with Gasteiger partial charge >= 0.3 is 5.91 Å². The number of hydrogen-bond acceptors (Lipinski definition) is 10. The van der Waals surface area contributed by atoms with Gasteiger partial charge in [0.2, 0.25) is 5.13 Å². The van der Waals surface area contributed by atoms with Gasteiger partial charge in [0.15, 0.2) is 15.8 Å². The summed E-state index contributed by atoms with van der Waals surface area (Å²) < 4.78 is 18.2. The number of carbonyl (C=O) groups is 2. The Morgan fingerprint density at radius 2 is 1.65 bits per heavy atom. The van der Waals surface area contributed by atoms with Crippen molar-refractivity contribution >= 4 is 56.5 Å². The lowest BCUT2D eigenvalue weighted by Crippen LogP contribution is -2.29. The van der Waals surface area contributed by atoms with Gasteiger partial charge in [-0.15, -0.1) is 10.2 Å². The average molecular weight is 696 g/mol. The van der Waals surface area contributed by atoms with Gasteiger partial charge in [0.1, 0.15) is 11.5 Å². The third-order valence-electron chi connectivity index (χ3n) is 8.05. The molecule has 0 aliphatic carbocycles. The molecular weight excluding hydrogens is 659 g/mol. The number of carbonyl (C=O) groups excluding carboxylic acids is 2. The summed E-state index contributed by atoms with van der Waals surface area (Å²) in [6.07, 6.45) is 1.86. The third kappa shape index (κ3) is 7.28. The number of fused-ring (bicyclic) bond motifs is 1. The molecule has 2 heterocycles. The highest BCUT2D eigenvalue weighted by molar-refractivity contribution is 8.00. The summed E-state index contributed by atoms with van der Waals surface area (Å²) >= 11 is 2.73. The lowest BCUT2D eigenvalue weighted by Gasteiger charge is -2.23. The zero-order chi connectivity index (χ0) is 34.3. The molecule has 9 nitrogen and oxygen atoms in total. The summed E-state index contributed by atoms with van der Waals surface area (Å²) in [5.74, 6) is 0.381. The van der Waals surface area contributed by atoms with Crippen molar-refractivity contribution in [1.29, 1.82) is 0 Å². The number of anilines is 1. The summed E-state index contributed by atoms with van der Waals surface area (Å²) in [5, 5.41) is 23.0. The number of aliphatic hydroxyl groups is 1. The van der Waals surface area contributed by atoms with E-state index in [-0.39, 0.29) is 16.5 Å². The molecule has 6 rings (SSSR count). The highest BCUT2D eigenvalue weighted by Gasteiger charge is 2.48. The van der Waals surface area contributed by atoms with Gasteiger partial charge in [-0.3, -0.25) is 14.5 Å². The highest BCUT2D eigenvalue weighted by atomic mass is 32.2. The Labute approximate surface area is 293 Å². The van der Waals surface area contributed by atoms with Crippen molar-refractivity contribution < 1.29 is 28.9 Å². The van der Waals surface area contributed by atoms with Gasteiger partial charge in [-0.05, 0) is 78.6 Å². The number of thioether (sulfide) groups is 1. The molecule has 0 spiro atoms. The Morgan fingerprint density at radius 1 is 0.878 bits per heavy atom. The van der Waals surface area contributed by atoms with E-state index in [0.717, 1.165) is 29.2 Å². The summed E-state index contributed by atoms with van der Waals surface area (Å²) in [4.78, 5) is 29.0. The first-order valence-corrected chi connectivity index (χ1v) is 18.1. The van der Waals surface area contributed by atoms with Crippen LogP contribution >= 0.6 is 23.1 Å². The predicted molar refractivity (Wildman–Crippen MR) is 194 cm³/mol. The molecule has 5 aromatic rings. The van der Waals surface area contributed by atoms with Crippen molar-refractivity contribution in [3.05, 3.63) is 107 Å². The van der Waals surface area contributed by atoms with E-state index in [9.17, 15) is 14.7 Å². The van der Waals surface area contributed by atoms with Gasteiger partial charge in [0.05, 0.1) is 31.4 Å². The number of unbranched alkanes of at least 4 members (excludes halogenated alkanes) is 1. The van der Waals surface area contributed by atoms with E-state index in [1.165, 1.54) is 28.0 Å². The molecule has 0 saturated carbocycles. The van der Waals surface area contributed by atoms with Crippen molar-refractivity contribution in [2.24, 2.45) is 0 Å². The minimum Gasteiger partial charge on any atom is -0.507 e. The molecular formula is C38H37N3O6S2. The van der Waals surface area contributed by atoms with E-state index in [1.807, 2.05) is 32.0 Å². The molecule has 1 unspecified atom stereocenters. The van der Waals surface area contributed by atoms with Crippen LogP contribution in [0.2, 0.25) is 0 Å². The van der Waals surface area contributed by atoms with Gasteiger partial charge in [-0.2, -0.15) is 0 Å². The summed E-state index contributed by atoms with van der Waals surface area (Å²) in [6.45, 7) is 7.24. The molecule has 1 atom stereocenters. The van der Waals surface area contributed by atoms with Crippen molar-refractivity contribution in [3.8, 4) is 17.2 Å². The summed E-state index contributed by atoms with van der Waals surface area (Å²) in [6, 6.07) is 25.5. The molecule has 11 heteroatoms. The van der Waals surface area contributed by atoms with Crippen LogP contribution in [0.5, 0.6) is 17.2 Å². The van der Waals surface area contributed by atoms with Crippen LogP contribution in [0.25, 0.3) is 16.5 Å². The van der Waals surface area contributed by atoms with Gasteiger partial charge in [-0.1, -0.05) is 85.0 Å². The number of aromatic nitrogens is 2. The quantitative estimate of drug-likeness (QED) is 0.0305.